The molecule has 1 heterocycles. The molecule has 0 aliphatic heterocycles. The highest BCUT2D eigenvalue weighted by Gasteiger charge is 2.20. The van der Waals surface area contributed by atoms with Crippen LogP contribution >= 0.6 is 22.9 Å². The minimum atomic E-state index is -0.0505. The molecule has 2 aromatic rings. The highest BCUT2D eigenvalue weighted by Crippen LogP contribution is 2.31. The van der Waals surface area contributed by atoms with E-state index in [4.69, 9.17) is 17.3 Å². The van der Waals surface area contributed by atoms with E-state index in [0.29, 0.717) is 21.2 Å². The number of rotatable bonds is 2. The number of thiophene rings is 1. The molecule has 2 N–H and O–H groups in total. The number of anilines is 1. The van der Waals surface area contributed by atoms with Gasteiger partial charge in [-0.25, -0.2) is 0 Å². The van der Waals surface area contributed by atoms with Gasteiger partial charge in [0.05, 0.1) is 9.90 Å². The third-order valence-electron chi connectivity index (χ3n) is 2.81. The summed E-state index contributed by atoms with van der Waals surface area (Å²) < 4.78 is 0. The van der Waals surface area contributed by atoms with Crippen LogP contribution in [0.4, 0.5) is 5.69 Å². The number of nitrogens with two attached hydrogens (primary N) is 1. The molecule has 0 amide bonds. The lowest BCUT2D eigenvalue weighted by molar-refractivity contribution is 0.104. The van der Waals surface area contributed by atoms with Crippen LogP contribution in [0.15, 0.2) is 30.3 Å². The number of benzene rings is 1. The van der Waals surface area contributed by atoms with Crippen molar-refractivity contribution in [1.29, 1.82) is 0 Å². The van der Waals surface area contributed by atoms with Crippen molar-refractivity contribution >= 4 is 34.4 Å². The first-order valence-corrected chi connectivity index (χ1v) is 7.18. The van der Waals surface area contributed by atoms with Gasteiger partial charge < -0.3 is 5.73 Å². The monoisotopic (exact) mass is 293 g/mol. The van der Waals surface area contributed by atoms with Crippen LogP contribution in [-0.2, 0) is 5.41 Å². The standard InChI is InChI=1S/C15H16ClNOS/c1-15(2,3)13-7-6-12(19-13)14(18)10-5-4-9(17)8-11(10)16/h4-8H,17H2,1-3H3. The molecule has 1 aromatic carbocycles. The van der Waals surface area contributed by atoms with Gasteiger partial charge in [0.15, 0.2) is 0 Å². The van der Waals surface area contributed by atoms with Crippen molar-refractivity contribution < 1.29 is 4.79 Å². The van der Waals surface area contributed by atoms with Gasteiger partial charge in [-0.2, -0.15) is 0 Å². The molecule has 0 aliphatic rings. The summed E-state index contributed by atoms with van der Waals surface area (Å²) in [5.74, 6) is -0.0505. The molecule has 1 aromatic heterocycles. The third-order valence-corrected chi connectivity index (χ3v) is 4.63. The Hall–Kier alpha value is -1.32. The fraction of sp³-hybridized carbons (Fsp3) is 0.267. The first kappa shape index (κ1) is 14.1. The molecule has 4 heteroatoms. The average Bonchev–Trinajstić information content (AvgIpc) is 2.76. The van der Waals surface area contributed by atoms with E-state index in [1.807, 2.05) is 12.1 Å². The molecular weight excluding hydrogens is 278 g/mol. The largest absolute Gasteiger partial charge is 0.399 e. The Morgan fingerprint density at radius 2 is 1.89 bits per heavy atom. The highest BCUT2D eigenvalue weighted by molar-refractivity contribution is 7.14. The first-order chi connectivity index (χ1) is 8.79. The van der Waals surface area contributed by atoms with Crippen LogP contribution in [0.2, 0.25) is 5.02 Å². The molecular formula is C15H16ClNOS. The number of carbonyl (C=O) groups excluding carboxylic acids is 1. The zero-order valence-corrected chi connectivity index (χ0v) is 12.7. The number of hydrogen-bond acceptors (Lipinski definition) is 3. The van der Waals surface area contributed by atoms with Crippen LogP contribution in [0.5, 0.6) is 0 Å². The number of nitrogen functional groups attached to an aromatic ring is 1. The van der Waals surface area contributed by atoms with E-state index in [-0.39, 0.29) is 11.2 Å². The van der Waals surface area contributed by atoms with Crippen LogP contribution in [0.25, 0.3) is 0 Å². The van der Waals surface area contributed by atoms with Crippen LogP contribution < -0.4 is 5.73 Å². The topological polar surface area (TPSA) is 43.1 Å². The minimum Gasteiger partial charge on any atom is -0.399 e. The lowest BCUT2D eigenvalue weighted by atomic mass is 9.95. The summed E-state index contributed by atoms with van der Waals surface area (Å²) in [4.78, 5) is 14.3. The summed E-state index contributed by atoms with van der Waals surface area (Å²) in [6, 6.07) is 8.84. The van der Waals surface area contributed by atoms with Gasteiger partial charge in [0.25, 0.3) is 0 Å². The molecule has 100 valence electrons. The molecule has 0 saturated carbocycles. The predicted molar refractivity (Wildman–Crippen MR) is 82.3 cm³/mol. The Kier molecular flexibility index (Phi) is 3.70. The van der Waals surface area contributed by atoms with E-state index in [1.165, 1.54) is 16.2 Å². The lowest BCUT2D eigenvalue weighted by Crippen LogP contribution is -2.08. The van der Waals surface area contributed by atoms with Gasteiger partial charge in [0.2, 0.25) is 5.78 Å². The van der Waals surface area contributed by atoms with E-state index < -0.39 is 0 Å². The zero-order chi connectivity index (χ0) is 14.2. The summed E-state index contributed by atoms with van der Waals surface area (Å²) in [5.41, 5.74) is 6.74. The summed E-state index contributed by atoms with van der Waals surface area (Å²) >= 11 is 7.59. The van der Waals surface area contributed by atoms with E-state index >= 15 is 0 Å². The van der Waals surface area contributed by atoms with Gasteiger partial charge in [-0.05, 0) is 35.7 Å². The van der Waals surface area contributed by atoms with E-state index in [2.05, 4.69) is 20.8 Å². The molecule has 0 aliphatic carbocycles. The SMILES string of the molecule is CC(C)(C)c1ccc(C(=O)c2ccc(N)cc2Cl)s1. The first-order valence-electron chi connectivity index (χ1n) is 5.99. The molecule has 0 fully saturated rings. The summed E-state index contributed by atoms with van der Waals surface area (Å²) in [7, 11) is 0. The van der Waals surface area contributed by atoms with Crippen molar-refractivity contribution in [1.82, 2.24) is 0 Å². The molecule has 19 heavy (non-hydrogen) atoms. The highest BCUT2D eigenvalue weighted by atomic mass is 35.5. The number of hydrogen-bond donors (Lipinski definition) is 1. The van der Waals surface area contributed by atoms with Crippen molar-refractivity contribution in [2.24, 2.45) is 0 Å². The average molecular weight is 294 g/mol. The Morgan fingerprint density at radius 3 is 2.42 bits per heavy atom. The Balaban J connectivity index is 2.37. The van der Waals surface area contributed by atoms with Crippen molar-refractivity contribution in [3.8, 4) is 0 Å². The summed E-state index contributed by atoms with van der Waals surface area (Å²) in [5, 5.41) is 0.399. The van der Waals surface area contributed by atoms with Crippen LogP contribution in [0.1, 0.15) is 40.9 Å². The van der Waals surface area contributed by atoms with Gasteiger partial charge in [-0.1, -0.05) is 32.4 Å². The second-order valence-electron chi connectivity index (χ2n) is 5.48. The second kappa shape index (κ2) is 4.99. The van der Waals surface area contributed by atoms with Gasteiger partial charge >= 0.3 is 0 Å². The Morgan fingerprint density at radius 1 is 1.21 bits per heavy atom. The predicted octanol–water partition coefficient (Wildman–Crippen LogP) is 4.51. The van der Waals surface area contributed by atoms with Gasteiger partial charge in [-0.15, -0.1) is 11.3 Å². The normalized spacial score (nSPS) is 11.6. The van der Waals surface area contributed by atoms with Crippen molar-refractivity contribution in [3.05, 3.63) is 50.7 Å². The van der Waals surface area contributed by atoms with Gasteiger partial charge in [-0.3, -0.25) is 4.79 Å². The second-order valence-corrected chi connectivity index (χ2v) is 6.97. The van der Waals surface area contributed by atoms with Gasteiger partial charge in [0, 0.05) is 16.1 Å². The van der Waals surface area contributed by atoms with Crippen LogP contribution in [-0.4, -0.2) is 5.78 Å². The molecule has 0 spiro atoms. The maximum atomic E-state index is 12.4. The van der Waals surface area contributed by atoms with Crippen molar-refractivity contribution in [3.63, 3.8) is 0 Å². The Bertz CT molecular complexity index is 625. The quantitative estimate of drug-likeness (QED) is 0.654. The Labute approximate surface area is 122 Å². The molecule has 0 saturated heterocycles. The maximum Gasteiger partial charge on any atom is 0.204 e. The fourth-order valence-corrected chi connectivity index (χ4v) is 3.00. The van der Waals surface area contributed by atoms with Gasteiger partial charge in [0.1, 0.15) is 0 Å². The minimum absolute atomic E-state index is 0.0497. The summed E-state index contributed by atoms with van der Waals surface area (Å²) in [6.45, 7) is 6.38. The molecule has 0 bridgehead atoms. The molecule has 2 rings (SSSR count). The van der Waals surface area contributed by atoms with Crippen molar-refractivity contribution in [2.45, 2.75) is 26.2 Å². The number of halogens is 1. The molecule has 0 atom stereocenters. The lowest BCUT2D eigenvalue weighted by Gasteiger charge is -2.15. The van der Waals surface area contributed by atoms with E-state index in [0.717, 1.165) is 0 Å². The number of carbonyl (C=O) groups is 1. The smallest absolute Gasteiger partial charge is 0.204 e. The van der Waals surface area contributed by atoms with Crippen molar-refractivity contribution in [2.75, 3.05) is 5.73 Å². The van der Waals surface area contributed by atoms with Crippen LogP contribution in [0.3, 0.4) is 0 Å². The molecule has 2 nitrogen and oxygen atoms in total. The fourth-order valence-electron chi connectivity index (χ4n) is 1.71. The molecule has 0 unspecified atom stereocenters. The van der Waals surface area contributed by atoms with Crippen LogP contribution in [0, 0.1) is 0 Å². The molecule has 0 radical (unpaired) electrons. The summed E-state index contributed by atoms with van der Waals surface area (Å²) in [6.07, 6.45) is 0. The van der Waals surface area contributed by atoms with E-state index in [1.54, 1.807) is 18.2 Å². The zero-order valence-electron chi connectivity index (χ0n) is 11.2. The van der Waals surface area contributed by atoms with E-state index in [9.17, 15) is 4.79 Å². The number of ketones is 1. The third kappa shape index (κ3) is 2.99. The maximum absolute atomic E-state index is 12.4.